The van der Waals surface area contributed by atoms with Gasteiger partial charge in [-0.15, -0.1) is 0 Å². The number of nitrogens with one attached hydrogen (secondary N) is 2. The first-order chi connectivity index (χ1) is 14.9. The van der Waals surface area contributed by atoms with Crippen molar-refractivity contribution in [2.24, 2.45) is 11.5 Å². The van der Waals surface area contributed by atoms with Gasteiger partial charge in [-0.25, -0.2) is 0 Å². The molecule has 3 unspecified atom stereocenters. The summed E-state index contributed by atoms with van der Waals surface area (Å²) in [5.74, 6) is 0.103. The van der Waals surface area contributed by atoms with Crippen molar-refractivity contribution in [3.8, 4) is 11.5 Å². The molecular formula is C22H28N4O4S. The molecule has 0 radical (unpaired) electrons. The van der Waals surface area contributed by atoms with Gasteiger partial charge < -0.3 is 31.9 Å². The molecule has 9 heteroatoms. The number of phenolic OH excluding ortho intramolecular Hbond substituents is 1. The molecule has 2 amide bonds. The Labute approximate surface area is 186 Å². The van der Waals surface area contributed by atoms with Crippen LogP contribution in [0.4, 0.5) is 0 Å². The monoisotopic (exact) mass is 444 g/mol. The van der Waals surface area contributed by atoms with Crippen LogP contribution in [0.15, 0.2) is 42.5 Å². The summed E-state index contributed by atoms with van der Waals surface area (Å²) >= 11 is 4.21. The lowest BCUT2D eigenvalue weighted by Gasteiger charge is -2.29. The van der Waals surface area contributed by atoms with Crippen LogP contribution < -0.4 is 26.8 Å². The first-order valence-electron chi connectivity index (χ1n) is 10.1. The minimum Gasteiger partial charge on any atom is -0.508 e. The highest BCUT2D eigenvalue weighted by molar-refractivity contribution is 7.80. The van der Waals surface area contributed by atoms with Crippen LogP contribution in [0, 0.1) is 0 Å². The van der Waals surface area contributed by atoms with Gasteiger partial charge >= 0.3 is 0 Å². The molecule has 2 aromatic rings. The lowest BCUT2D eigenvalue weighted by molar-refractivity contribution is -0.119. The van der Waals surface area contributed by atoms with Gasteiger partial charge in [-0.1, -0.05) is 24.3 Å². The van der Waals surface area contributed by atoms with Gasteiger partial charge in [0.1, 0.15) is 17.5 Å². The third-order valence-corrected chi connectivity index (χ3v) is 5.67. The third kappa shape index (κ3) is 5.90. The molecule has 0 bridgehead atoms. The van der Waals surface area contributed by atoms with Gasteiger partial charge in [0.25, 0.3) is 5.91 Å². The first kappa shape index (κ1) is 22.9. The summed E-state index contributed by atoms with van der Waals surface area (Å²) in [6.07, 6.45) is 0.963. The van der Waals surface area contributed by atoms with Crippen molar-refractivity contribution in [2.45, 2.75) is 31.0 Å². The van der Waals surface area contributed by atoms with E-state index in [2.05, 4.69) is 23.3 Å². The van der Waals surface area contributed by atoms with E-state index in [0.717, 1.165) is 17.5 Å². The fraction of sp³-hybridized carbons (Fsp3) is 0.364. The van der Waals surface area contributed by atoms with Crippen LogP contribution in [0.3, 0.4) is 0 Å². The van der Waals surface area contributed by atoms with Gasteiger partial charge in [0, 0.05) is 42.8 Å². The van der Waals surface area contributed by atoms with Crippen LogP contribution in [-0.2, 0) is 11.2 Å². The SMILES string of the molecule is NC(=O)C(Cc1ccc(O)cc1)NC(=O)c1cccc2c1OCCC2NCC(N)CS. The predicted molar refractivity (Wildman–Crippen MR) is 121 cm³/mol. The normalized spacial score (nSPS) is 17.2. The largest absolute Gasteiger partial charge is 0.508 e. The van der Waals surface area contributed by atoms with E-state index in [1.165, 1.54) is 12.1 Å². The summed E-state index contributed by atoms with van der Waals surface area (Å²) in [5.41, 5.74) is 13.5. The van der Waals surface area contributed by atoms with E-state index >= 15 is 0 Å². The number of rotatable bonds is 9. The fourth-order valence-corrected chi connectivity index (χ4v) is 3.63. The van der Waals surface area contributed by atoms with Crippen molar-refractivity contribution in [1.29, 1.82) is 0 Å². The standard InChI is InChI=1S/C22H28N4O4S/c23-14(12-31)11-25-18-8-9-30-20-16(18)2-1-3-17(20)22(29)26-19(21(24)28)10-13-4-6-15(27)7-5-13/h1-7,14,18-19,25,27,31H,8-12,23H2,(H2,24,28)(H,26,29). The molecule has 7 N–H and O–H groups in total. The van der Waals surface area contributed by atoms with E-state index in [0.29, 0.717) is 30.2 Å². The number of nitrogens with two attached hydrogens (primary N) is 2. The Morgan fingerprint density at radius 2 is 1.97 bits per heavy atom. The minimum absolute atomic E-state index is 0.00590. The van der Waals surface area contributed by atoms with Gasteiger partial charge in [0.15, 0.2) is 0 Å². The second-order valence-electron chi connectivity index (χ2n) is 7.56. The Hall–Kier alpha value is -2.75. The highest BCUT2D eigenvalue weighted by Crippen LogP contribution is 2.35. The molecule has 2 aromatic carbocycles. The highest BCUT2D eigenvalue weighted by Gasteiger charge is 2.28. The van der Waals surface area contributed by atoms with Crippen LogP contribution >= 0.6 is 12.6 Å². The summed E-state index contributed by atoms with van der Waals surface area (Å²) in [4.78, 5) is 25.0. The average molecular weight is 445 g/mol. The maximum absolute atomic E-state index is 13.0. The van der Waals surface area contributed by atoms with Crippen LogP contribution in [0.5, 0.6) is 11.5 Å². The van der Waals surface area contributed by atoms with Crippen molar-refractivity contribution in [3.63, 3.8) is 0 Å². The molecule has 3 atom stereocenters. The maximum Gasteiger partial charge on any atom is 0.255 e. The average Bonchev–Trinajstić information content (AvgIpc) is 2.77. The smallest absolute Gasteiger partial charge is 0.255 e. The molecule has 0 fully saturated rings. The van der Waals surface area contributed by atoms with Gasteiger partial charge in [-0.05, 0) is 23.8 Å². The molecule has 1 aliphatic heterocycles. The molecule has 0 saturated heterocycles. The topological polar surface area (TPSA) is 140 Å². The molecule has 0 aromatic heterocycles. The zero-order valence-electron chi connectivity index (χ0n) is 17.1. The zero-order chi connectivity index (χ0) is 22.4. The molecule has 3 rings (SSSR count). The Balaban J connectivity index is 1.76. The van der Waals surface area contributed by atoms with Crippen LogP contribution in [-0.4, -0.2) is 47.9 Å². The molecule has 0 aliphatic carbocycles. The Morgan fingerprint density at radius 3 is 2.65 bits per heavy atom. The number of hydrogen-bond acceptors (Lipinski definition) is 7. The van der Waals surface area contributed by atoms with Gasteiger partial charge in [-0.2, -0.15) is 12.6 Å². The van der Waals surface area contributed by atoms with Crippen molar-refractivity contribution in [2.75, 3.05) is 18.9 Å². The summed E-state index contributed by atoms with van der Waals surface area (Å²) in [5, 5.41) is 15.5. The molecular weight excluding hydrogens is 416 g/mol. The van der Waals surface area contributed by atoms with Crippen LogP contribution in [0.2, 0.25) is 0 Å². The number of carbonyl (C=O) groups excluding carboxylic acids is 2. The lowest BCUT2D eigenvalue weighted by atomic mass is 9.96. The molecule has 166 valence electrons. The van der Waals surface area contributed by atoms with Crippen LogP contribution in [0.1, 0.15) is 33.9 Å². The molecule has 8 nitrogen and oxygen atoms in total. The molecule has 31 heavy (non-hydrogen) atoms. The number of thiol groups is 1. The Bertz CT molecular complexity index is 922. The number of amides is 2. The minimum atomic E-state index is -0.904. The quantitative estimate of drug-likeness (QED) is 0.318. The fourth-order valence-electron chi connectivity index (χ4n) is 3.50. The summed E-state index contributed by atoms with van der Waals surface area (Å²) < 4.78 is 5.82. The number of ether oxygens (including phenoxy) is 1. The summed E-state index contributed by atoms with van der Waals surface area (Å²) in [7, 11) is 0. The van der Waals surface area contributed by atoms with Crippen LogP contribution in [0.25, 0.3) is 0 Å². The second-order valence-corrected chi connectivity index (χ2v) is 7.93. The molecule has 1 aliphatic rings. The molecule has 1 heterocycles. The molecule has 0 saturated carbocycles. The van der Waals surface area contributed by atoms with Crippen molar-refractivity contribution in [1.82, 2.24) is 10.6 Å². The van der Waals surface area contributed by atoms with E-state index < -0.39 is 17.9 Å². The number of carbonyl (C=O) groups is 2. The van der Waals surface area contributed by atoms with Crippen molar-refractivity contribution in [3.05, 3.63) is 59.2 Å². The Kier molecular flexibility index (Phi) is 7.78. The summed E-state index contributed by atoms with van der Waals surface area (Å²) in [6.45, 7) is 1.05. The number of benzene rings is 2. The number of hydrogen-bond donors (Lipinski definition) is 6. The summed E-state index contributed by atoms with van der Waals surface area (Å²) in [6, 6.07) is 10.8. The van der Waals surface area contributed by atoms with E-state index in [1.54, 1.807) is 24.3 Å². The van der Waals surface area contributed by atoms with E-state index in [9.17, 15) is 14.7 Å². The second kappa shape index (κ2) is 10.5. The van der Waals surface area contributed by atoms with Gasteiger partial charge in [0.2, 0.25) is 5.91 Å². The molecule has 0 spiro atoms. The Morgan fingerprint density at radius 1 is 1.23 bits per heavy atom. The maximum atomic E-state index is 13.0. The highest BCUT2D eigenvalue weighted by atomic mass is 32.1. The van der Waals surface area contributed by atoms with E-state index in [1.807, 2.05) is 6.07 Å². The first-order valence-corrected chi connectivity index (χ1v) is 10.8. The predicted octanol–water partition coefficient (Wildman–Crippen LogP) is 0.889. The lowest BCUT2D eigenvalue weighted by Crippen LogP contribution is -2.46. The number of fused-ring (bicyclic) bond motifs is 1. The number of para-hydroxylation sites is 1. The van der Waals surface area contributed by atoms with Crippen molar-refractivity contribution >= 4 is 24.4 Å². The number of primary amides is 1. The number of phenols is 1. The van der Waals surface area contributed by atoms with Gasteiger partial charge in [-0.3, -0.25) is 9.59 Å². The van der Waals surface area contributed by atoms with Crippen molar-refractivity contribution < 1.29 is 19.4 Å². The van der Waals surface area contributed by atoms with Gasteiger partial charge in [0.05, 0.1) is 12.2 Å². The zero-order valence-corrected chi connectivity index (χ0v) is 18.0. The van der Waals surface area contributed by atoms with E-state index in [4.69, 9.17) is 16.2 Å². The number of aromatic hydroxyl groups is 1. The van der Waals surface area contributed by atoms with E-state index in [-0.39, 0.29) is 24.3 Å². The third-order valence-electron chi connectivity index (χ3n) is 5.20.